The van der Waals surface area contributed by atoms with Crippen molar-refractivity contribution in [1.82, 2.24) is 9.47 Å². The molecule has 5 nitrogen and oxygen atoms in total. The Bertz CT molecular complexity index is 1590. The monoisotopic (exact) mass is 553 g/mol. The van der Waals surface area contributed by atoms with Gasteiger partial charge in [-0.15, -0.1) is 0 Å². The highest BCUT2D eigenvalue weighted by atomic mass is 32.2. The van der Waals surface area contributed by atoms with Crippen LogP contribution >= 0.6 is 11.8 Å². The Morgan fingerprint density at radius 3 is 2.55 bits per heavy atom. The minimum Gasteiger partial charge on any atom is -0.492 e. The number of rotatable bonds is 7. The first-order chi connectivity index (χ1) is 19.6. The molecule has 0 spiro atoms. The van der Waals surface area contributed by atoms with Crippen molar-refractivity contribution >= 4 is 45.5 Å². The molecular weight excluding hydrogens is 521 g/mol. The summed E-state index contributed by atoms with van der Waals surface area (Å²) in [6.07, 6.45) is 9.29. The van der Waals surface area contributed by atoms with Crippen LogP contribution in [0.15, 0.2) is 88.9 Å². The average molecular weight is 554 g/mol. The van der Waals surface area contributed by atoms with Gasteiger partial charge in [0.1, 0.15) is 23.9 Å². The molecule has 1 amide bonds. The van der Waals surface area contributed by atoms with E-state index in [1.165, 1.54) is 29.8 Å². The van der Waals surface area contributed by atoms with Gasteiger partial charge in [0.15, 0.2) is 5.17 Å². The van der Waals surface area contributed by atoms with E-state index in [0.717, 1.165) is 47.9 Å². The van der Waals surface area contributed by atoms with Gasteiger partial charge in [-0.05, 0) is 67.9 Å². The zero-order chi connectivity index (χ0) is 27.5. The molecule has 2 fully saturated rings. The molecule has 4 aromatic rings. The van der Waals surface area contributed by atoms with Crippen molar-refractivity contribution in [3.8, 4) is 5.75 Å². The van der Waals surface area contributed by atoms with Crippen molar-refractivity contribution in [2.45, 2.75) is 51.6 Å². The molecular formula is C33H32FN3O2S. The van der Waals surface area contributed by atoms with Crippen LogP contribution in [0, 0.1) is 12.7 Å². The number of fused-ring (bicyclic) bond motifs is 1. The maximum absolute atomic E-state index is 14.5. The maximum atomic E-state index is 14.5. The Kier molecular flexibility index (Phi) is 7.73. The van der Waals surface area contributed by atoms with E-state index in [2.05, 4.69) is 34.8 Å². The number of nitrogens with zero attached hydrogens (tertiary/aromatic N) is 3. The molecule has 2 heterocycles. The molecule has 3 aromatic carbocycles. The SMILES string of the molecule is Cc1ccc(OCCn2cc(/C=C3\SC(=Nc4ccccc4F)N(C4CCCCC4)C3=O)c3ccccc32)cc1. The molecule has 1 aliphatic carbocycles. The van der Waals surface area contributed by atoms with E-state index in [-0.39, 0.29) is 23.5 Å². The number of benzene rings is 3. The van der Waals surface area contributed by atoms with Crippen LogP contribution in [0.5, 0.6) is 5.75 Å². The van der Waals surface area contributed by atoms with Gasteiger partial charge in [-0.2, -0.15) is 0 Å². The number of hydrogen-bond donors (Lipinski definition) is 0. The van der Waals surface area contributed by atoms with Crippen LogP contribution in [0.1, 0.15) is 43.2 Å². The van der Waals surface area contributed by atoms with Crippen molar-refractivity contribution in [3.63, 3.8) is 0 Å². The van der Waals surface area contributed by atoms with E-state index in [4.69, 9.17) is 4.74 Å². The third-order valence-corrected chi connectivity index (χ3v) is 8.56. The van der Waals surface area contributed by atoms with E-state index in [1.54, 1.807) is 18.2 Å². The molecule has 0 radical (unpaired) electrons. The van der Waals surface area contributed by atoms with E-state index in [1.807, 2.05) is 47.4 Å². The lowest BCUT2D eigenvalue weighted by Crippen LogP contribution is -2.40. The Morgan fingerprint density at radius 1 is 1.00 bits per heavy atom. The lowest BCUT2D eigenvalue weighted by molar-refractivity contribution is -0.124. The fourth-order valence-corrected chi connectivity index (χ4v) is 6.53. The third-order valence-electron chi connectivity index (χ3n) is 7.57. The van der Waals surface area contributed by atoms with Crippen molar-refractivity contribution in [3.05, 3.63) is 101 Å². The summed E-state index contributed by atoms with van der Waals surface area (Å²) in [5, 5.41) is 1.63. The molecule has 6 rings (SSSR count). The van der Waals surface area contributed by atoms with Crippen molar-refractivity contribution in [2.24, 2.45) is 4.99 Å². The molecule has 0 N–H and O–H groups in total. The van der Waals surface area contributed by atoms with Crippen LogP contribution in [-0.4, -0.2) is 33.2 Å². The molecule has 0 unspecified atom stereocenters. The smallest absolute Gasteiger partial charge is 0.267 e. The second-order valence-corrected chi connectivity index (χ2v) is 11.4. The Hall–Kier alpha value is -3.84. The van der Waals surface area contributed by atoms with E-state index in [0.29, 0.717) is 23.2 Å². The van der Waals surface area contributed by atoms with Crippen molar-refractivity contribution < 1.29 is 13.9 Å². The summed E-state index contributed by atoms with van der Waals surface area (Å²) in [5.41, 5.74) is 3.51. The largest absolute Gasteiger partial charge is 0.492 e. The van der Waals surface area contributed by atoms with Crippen LogP contribution in [0.3, 0.4) is 0 Å². The number of aryl methyl sites for hydroxylation is 1. The zero-order valence-electron chi connectivity index (χ0n) is 22.6. The summed E-state index contributed by atoms with van der Waals surface area (Å²) in [6.45, 7) is 3.26. The number of thioether (sulfide) groups is 1. The summed E-state index contributed by atoms with van der Waals surface area (Å²) in [4.78, 5) is 20.9. The normalized spacial score (nSPS) is 18.4. The number of aromatic nitrogens is 1. The topological polar surface area (TPSA) is 46.8 Å². The molecule has 1 saturated heterocycles. The first-order valence-electron chi connectivity index (χ1n) is 13.9. The molecule has 40 heavy (non-hydrogen) atoms. The summed E-state index contributed by atoms with van der Waals surface area (Å²) < 4.78 is 22.7. The number of carbonyl (C=O) groups is 1. The van der Waals surface area contributed by atoms with Gasteiger partial charge in [-0.3, -0.25) is 9.69 Å². The lowest BCUT2D eigenvalue weighted by Gasteiger charge is -2.30. The summed E-state index contributed by atoms with van der Waals surface area (Å²) in [7, 11) is 0. The van der Waals surface area contributed by atoms with Gasteiger partial charge in [0.2, 0.25) is 0 Å². The van der Waals surface area contributed by atoms with Gasteiger partial charge in [-0.1, -0.05) is 67.3 Å². The molecule has 0 atom stereocenters. The number of para-hydroxylation sites is 2. The van der Waals surface area contributed by atoms with Crippen LogP contribution in [0.4, 0.5) is 10.1 Å². The lowest BCUT2D eigenvalue weighted by atomic mass is 9.94. The third kappa shape index (κ3) is 5.56. The van der Waals surface area contributed by atoms with Crippen LogP contribution < -0.4 is 4.74 Å². The fraction of sp³-hybridized carbons (Fsp3) is 0.273. The van der Waals surface area contributed by atoms with E-state index >= 15 is 0 Å². The van der Waals surface area contributed by atoms with E-state index in [9.17, 15) is 9.18 Å². The molecule has 2 aliphatic rings. The molecule has 7 heteroatoms. The van der Waals surface area contributed by atoms with Gasteiger partial charge in [0.25, 0.3) is 5.91 Å². The number of halogens is 1. The number of amides is 1. The van der Waals surface area contributed by atoms with Gasteiger partial charge in [0, 0.05) is 28.7 Å². The quantitative estimate of drug-likeness (QED) is 0.217. The number of hydrogen-bond acceptors (Lipinski definition) is 4. The predicted molar refractivity (Wildman–Crippen MR) is 161 cm³/mol. The number of aliphatic imine (C=N–C) groups is 1. The van der Waals surface area contributed by atoms with Crippen LogP contribution in [0.2, 0.25) is 0 Å². The zero-order valence-corrected chi connectivity index (χ0v) is 23.4. The van der Waals surface area contributed by atoms with Gasteiger partial charge < -0.3 is 9.30 Å². The fourth-order valence-electron chi connectivity index (χ4n) is 5.48. The molecule has 0 bridgehead atoms. The minimum atomic E-state index is -0.389. The maximum Gasteiger partial charge on any atom is 0.267 e. The molecule has 204 valence electrons. The first-order valence-corrected chi connectivity index (χ1v) is 14.7. The molecule has 1 saturated carbocycles. The highest BCUT2D eigenvalue weighted by molar-refractivity contribution is 8.18. The van der Waals surface area contributed by atoms with E-state index < -0.39 is 0 Å². The van der Waals surface area contributed by atoms with Gasteiger partial charge in [0.05, 0.1) is 11.4 Å². The minimum absolute atomic E-state index is 0.0495. The van der Waals surface area contributed by atoms with Crippen LogP contribution in [0.25, 0.3) is 17.0 Å². The van der Waals surface area contributed by atoms with Gasteiger partial charge in [-0.25, -0.2) is 9.38 Å². The number of ether oxygens (including phenoxy) is 1. The molecule has 1 aromatic heterocycles. The predicted octanol–water partition coefficient (Wildman–Crippen LogP) is 8.10. The standard InChI is InChI=1S/C33H32FN3O2S/c1-23-15-17-26(18-16-23)39-20-19-36-22-24(27-11-5-8-14-30(27)36)21-31-32(38)37(25-9-3-2-4-10-25)33(40-31)35-29-13-7-6-12-28(29)34/h5-8,11-18,21-22,25H,2-4,9-10,19-20H2,1H3/b31-21-,35-33?. The second kappa shape index (κ2) is 11.7. The Labute approximate surface area is 238 Å². The Morgan fingerprint density at radius 2 is 1.75 bits per heavy atom. The van der Waals surface area contributed by atoms with Crippen LogP contribution in [-0.2, 0) is 11.3 Å². The summed E-state index contributed by atoms with van der Waals surface area (Å²) in [6, 6.07) is 22.8. The van der Waals surface area contributed by atoms with Crippen molar-refractivity contribution in [1.29, 1.82) is 0 Å². The highest BCUT2D eigenvalue weighted by Gasteiger charge is 2.39. The number of carbonyl (C=O) groups excluding carboxylic acids is 1. The van der Waals surface area contributed by atoms with Crippen molar-refractivity contribution in [2.75, 3.05) is 6.61 Å². The average Bonchev–Trinajstić information content (AvgIpc) is 3.48. The highest BCUT2D eigenvalue weighted by Crippen LogP contribution is 2.39. The Balaban J connectivity index is 1.30. The molecule has 1 aliphatic heterocycles. The number of amidine groups is 1. The first kappa shape index (κ1) is 26.4. The van der Waals surface area contributed by atoms with Gasteiger partial charge >= 0.3 is 0 Å². The summed E-state index contributed by atoms with van der Waals surface area (Å²) >= 11 is 1.34. The summed E-state index contributed by atoms with van der Waals surface area (Å²) in [5.74, 6) is 0.411. The second-order valence-electron chi connectivity index (χ2n) is 10.4.